The molecular formula is C16H17BrFN. The highest BCUT2D eigenvalue weighted by molar-refractivity contribution is 9.10. The molecule has 1 N–H and O–H groups in total. The summed E-state index contributed by atoms with van der Waals surface area (Å²) < 4.78 is 15.3. The molecule has 0 saturated heterocycles. The van der Waals surface area contributed by atoms with Crippen molar-refractivity contribution in [3.8, 4) is 0 Å². The van der Waals surface area contributed by atoms with Gasteiger partial charge in [0.05, 0.1) is 6.04 Å². The molecule has 0 aliphatic heterocycles. The van der Waals surface area contributed by atoms with Crippen molar-refractivity contribution in [1.29, 1.82) is 0 Å². The third-order valence-corrected chi connectivity index (χ3v) is 3.79. The van der Waals surface area contributed by atoms with Crippen LogP contribution < -0.4 is 5.32 Å². The Morgan fingerprint density at radius 3 is 2.26 bits per heavy atom. The maximum absolute atomic E-state index is 14.3. The van der Waals surface area contributed by atoms with Gasteiger partial charge in [0.25, 0.3) is 0 Å². The van der Waals surface area contributed by atoms with Gasteiger partial charge in [-0.15, -0.1) is 0 Å². The van der Waals surface area contributed by atoms with Gasteiger partial charge in [0.2, 0.25) is 0 Å². The Bertz CT molecular complexity index is 555. The van der Waals surface area contributed by atoms with E-state index in [0.29, 0.717) is 0 Å². The second kappa shape index (κ2) is 5.85. The Morgan fingerprint density at radius 1 is 1.11 bits per heavy atom. The van der Waals surface area contributed by atoms with Crippen LogP contribution in [0.2, 0.25) is 0 Å². The fourth-order valence-electron chi connectivity index (χ4n) is 2.43. The average Bonchev–Trinajstić information content (AvgIpc) is 2.35. The molecule has 19 heavy (non-hydrogen) atoms. The molecule has 2 rings (SSSR count). The van der Waals surface area contributed by atoms with Crippen LogP contribution >= 0.6 is 15.9 Å². The van der Waals surface area contributed by atoms with Crippen molar-refractivity contribution < 1.29 is 4.39 Å². The van der Waals surface area contributed by atoms with Crippen LogP contribution in [0, 0.1) is 19.7 Å². The minimum absolute atomic E-state index is 0.131. The summed E-state index contributed by atoms with van der Waals surface area (Å²) in [5, 5.41) is 3.20. The monoisotopic (exact) mass is 321 g/mol. The number of hydrogen-bond acceptors (Lipinski definition) is 1. The van der Waals surface area contributed by atoms with Crippen molar-refractivity contribution >= 4 is 15.9 Å². The van der Waals surface area contributed by atoms with Gasteiger partial charge in [0.15, 0.2) is 0 Å². The van der Waals surface area contributed by atoms with Gasteiger partial charge >= 0.3 is 0 Å². The van der Waals surface area contributed by atoms with Gasteiger partial charge in [0, 0.05) is 10.0 Å². The van der Waals surface area contributed by atoms with E-state index < -0.39 is 0 Å². The predicted octanol–water partition coefficient (Wildman–Crippen LogP) is 4.51. The van der Waals surface area contributed by atoms with Crippen molar-refractivity contribution in [1.82, 2.24) is 5.32 Å². The van der Waals surface area contributed by atoms with E-state index in [-0.39, 0.29) is 11.9 Å². The predicted molar refractivity (Wildman–Crippen MR) is 80.9 cm³/mol. The first kappa shape index (κ1) is 14.2. The van der Waals surface area contributed by atoms with Crippen molar-refractivity contribution in [3.05, 3.63) is 68.9 Å². The molecule has 0 radical (unpaired) electrons. The van der Waals surface area contributed by atoms with E-state index in [1.54, 1.807) is 6.07 Å². The van der Waals surface area contributed by atoms with E-state index in [2.05, 4.69) is 21.2 Å². The topological polar surface area (TPSA) is 12.0 Å². The highest BCUT2D eigenvalue weighted by atomic mass is 79.9. The lowest BCUT2D eigenvalue weighted by molar-refractivity contribution is 0.572. The molecule has 0 aromatic heterocycles. The molecule has 0 saturated carbocycles. The van der Waals surface area contributed by atoms with Crippen LogP contribution in [0.3, 0.4) is 0 Å². The van der Waals surface area contributed by atoms with E-state index in [9.17, 15) is 4.39 Å². The Labute approximate surface area is 122 Å². The zero-order valence-corrected chi connectivity index (χ0v) is 12.9. The second-order valence-electron chi connectivity index (χ2n) is 4.75. The van der Waals surface area contributed by atoms with E-state index in [1.807, 2.05) is 51.2 Å². The number of hydrogen-bond donors (Lipinski definition) is 1. The summed E-state index contributed by atoms with van der Waals surface area (Å²) >= 11 is 3.42. The molecule has 1 unspecified atom stereocenters. The number of nitrogens with one attached hydrogen (secondary N) is 1. The van der Waals surface area contributed by atoms with Gasteiger partial charge in [-0.1, -0.05) is 34.1 Å². The van der Waals surface area contributed by atoms with Gasteiger partial charge in [-0.2, -0.15) is 0 Å². The van der Waals surface area contributed by atoms with Crippen LogP contribution in [-0.2, 0) is 0 Å². The van der Waals surface area contributed by atoms with Gasteiger partial charge in [-0.05, 0) is 55.8 Å². The minimum atomic E-state index is -0.153. The first-order chi connectivity index (χ1) is 9.02. The third-order valence-electron chi connectivity index (χ3n) is 3.26. The molecule has 0 aliphatic carbocycles. The lowest BCUT2D eigenvalue weighted by atomic mass is 9.93. The van der Waals surface area contributed by atoms with Crippen LogP contribution in [0.15, 0.2) is 40.9 Å². The molecule has 0 spiro atoms. The Morgan fingerprint density at radius 2 is 1.74 bits per heavy atom. The molecule has 100 valence electrons. The highest BCUT2D eigenvalue weighted by Gasteiger charge is 2.18. The maximum Gasteiger partial charge on any atom is 0.128 e. The van der Waals surface area contributed by atoms with Crippen LogP contribution in [0.1, 0.15) is 28.3 Å². The zero-order valence-electron chi connectivity index (χ0n) is 11.3. The SMILES string of the molecule is CNC(c1ccc(Br)cc1)c1c(C)cc(C)cc1F. The molecule has 0 aliphatic rings. The molecule has 0 heterocycles. The van der Waals surface area contributed by atoms with Crippen molar-refractivity contribution in [2.24, 2.45) is 0 Å². The van der Waals surface area contributed by atoms with Gasteiger partial charge in [-0.25, -0.2) is 4.39 Å². The van der Waals surface area contributed by atoms with Crippen LogP contribution in [0.5, 0.6) is 0 Å². The van der Waals surface area contributed by atoms with Gasteiger partial charge < -0.3 is 5.32 Å². The molecule has 0 amide bonds. The third kappa shape index (κ3) is 3.04. The summed E-state index contributed by atoms with van der Waals surface area (Å²) in [6.45, 7) is 3.86. The van der Waals surface area contributed by atoms with Crippen LogP contribution in [0.25, 0.3) is 0 Å². The summed E-state index contributed by atoms with van der Waals surface area (Å²) in [7, 11) is 1.85. The van der Waals surface area contributed by atoms with E-state index >= 15 is 0 Å². The summed E-state index contributed by atoms with van der Waals surface area (Å²) in [6.07, 6.45) is 0. The lowest BCUT2D eigenvalue weighted by Crippen LogP contribution is -2.20. The molecule has 2 aromatic rings. The van der Waals surface area contributed by atoms with Crippen molar-refractivity contribution in [3.63, 3.8) is 0 Å². The van der Waals surface area contributed by atoms with Crippen LogP contribution in [0.4, 0.5) is 4.39 Å². The molecule has 1 nitrogen and oxygen atoms in total. The molecule has 2 aromatic carbocycles. The molecule has 1 atom stereocenters. The first-order valence-electron chi connectivity index (χ1n) is 6.22. The van der Waals surface area contributed by atoms with Gasteiger partial charge in [0.1, 0.15) is 5.82 Å². The number of aryl methyl sites for hydroxylation is 2. The van der Waals surface area contributed by atoms with Gasteiger partial charge in [-0.3, -0.25) is 0 Å². The average molecular weight is 322 g/mol. The largest absolute Gasteiger partial charge is 0.309 e. The fraction of sp³-hybridized carbons (Fsp3) is 0.250. The van der Waals surface area contributed by atoms with E-state index in [1.165, 1.54) is 0 Å². The molecule has 0 bridgehead atoms. The smallest absolute Gasteiger partial charge is 0.128 e. The summed E-state index contributed by atoms with van der Waals surface area (Å²) in [5.74, 6) is -0.153. The second-order valence-corrected chi connectivity index (χ2v) is 5.67. The molecule has 3 heteroatoms. The molecular weight excluding hydrogens is 305 g/mol. The standard InChI is InChI=1S/C16H17BrFN/c1-10-8-11(2)15(14(18)9-10)16(19-3)12-4-6-13(17)7-5-12/h4-9,16,19H,1-3H3. The van der Waals surface area contributed by atoms with E-state index in [4.69, 9.17) is 0 Å². The van der Waals surface area contributed by atoms with E-state index in [0.717, 1.165) is 26.7 Å². The quantitative estimate of drug-likeness (QED) is 0.876. The lowest BCUT2D eigenvalue weighted by Gasteiger charge is -2.20. The number of halogens is 2. The Balaban J connectivity index is 2.51. The highest BCUT2D eigenvalue weighted by Crippen LogP contribution is 2.28. The summed E-state index contributed by atoms with van der Waals surface area (Å²) in [4.78, 5) is 0. The Kier molecular flexibility index (Phi) is 4.38. The normalized spacial score (nSPS) is 12.5. The number of benzene rings is 2. The molecule has 0 fully saturated rings. The minimum Gasteiger partial charge on any atom is -0.309 e. The maximum atomic E-state index is 14.3. The van der Waals surface area contributed by atoms with Crippen molar-refractivity contribution in [2.75, 3.05) is 7.05 Å². The fourth-order valence-corrected chi connectivity index (χ4v) is 2.69. The number of rotatable bonds is 3. The summed E-state index contributed by atoms with van der Waals surface area (Å²) in [6, 6.07) is 11.4. The van der Waals surface area contributed by atoms with Crippen molar-refractivity contribution in [2.45, 2.75) is 19.9 Å². The zero-order chi connectivity index (χ0) is 14.0. The summed E-state index contributed by atoms with van der Waals surface area (Å²) in [5.41, 5.74) is 3.69. The first-order valence-corrected chi connectivity index (χ1v) is 7.01. The Hall–Kier alpha value is -1.19. The van der Waals surface area contributed by atoms with Crippen LogP contribution in [-0.4, -0.2) is 7.05 Å².